The molecule has 0 radical (unpaired) electrons. The minimum atomic E-state index is 0.164. The average molecular weight is 219 g/mol. The van der Waals surface area contributed by atoms with Gasteiger partial charge in [0.25, 0.3) is 0 Å². The smallest absolute Gasteiger partial charge is 0.122 e. The Balaban J connectivity index is 2.39. The molecular weight excluding hydrogens is 198 g/mol. The molecule has 0 aromatic heterocycles. The van der Waals surface area contributed by atoms with Gasteiger partial charge in [-0.15, -0.1) is 0 Å². The van der Waals surface area contributed by atoms with Crippen LogP contribution in [-0.2, 0) is 0 Å². The van der Waals surface area contributed by atoms with E-state index in [1.54, 1.807) is 7.11 Å². The standard InChI is InChI=1S/C14H21NO/c1-9-10(2)12(16-4)6-5-11(9)13(15)14(3)7-8-14/h5-6,13H,7-8,15H2,1-4H3. The Hall–Kier alpha value is -1.02. The van der Waals surface area contributed by atoms with E-state index in [-0.39, 0.29) is 6.04 Å². The summed E-state index contributed by atoms with van der Waals surface area (Å²) < 4.78 is 5.32. The zero-order valence-corrected chi connectivity index (χ0v) is 10.6. The van der Waals surface area contributed by atoms with Crippen molar-refractivity contribution in [3.05, 3.63) is 28.8 Å². The molecule has 1 saturated carbocycles. The van der Waals surface area contributed by atoms with Gasteiger partial charge in [-0.2, -0.15) is 0 Å². The molecule has 2 nitrogen and oxygen atoms in total. The van der Waals surface area contributed by atoms with E-state index in [0.717, 1.165) is 5.75 Å². The highest BCUT2D eigenvalue weighted by atomic mass is 16.5. The molecule has 16 heavy (non-hydrogen) atoms. The number of nitrogens with two attached hydrogens (primary N) is 1. The summed E-state index contributed by atoms with van der Waals surface area (Å²) in [6, 6.07) is 4.32. The fourth-order valence-electron chi connectivity index (χ4n) is 2.26. The second-order valence-corrected chi connectivity index (χ2v) is 5.24. The molecule has 0 spiro atoms. The molecule has 2 N–H and O–H groups in total. The topological polar surface area (TPSA) is 35.2 Å². The number of benzene rings is 1. The highest BCUT2D eigenvalue weighted by molar-refractivity contribution is 5.45. The van der Waals surface area contributed by atoms with Crippen LogP contribution in [0.4, 0.5) is 0 Å². The van der Waals surface area contributed by atoms with Gasteiger partial charge in [0.05, 0.1) is 7.11 Å². The van der Waals surface area contributed by atoms with Crippen LogP contribution >= 0.6 is 0 Å². The summed E-state index contributed by atoms with van der Waals surface area (Å²) in [6.45, 7) is 6.51. The van der Waals surface area contributed by atoms with Crippen LogP contribution in [0.3, 0.4) is 0 Å². The van der Waals surface area contributed by atoms with E-state index in [4.69, 9.17) is 10.5 Å². The van der Waals surface area contributed by atoms with E-state index >= 15 is 0 Å². The van der Waals surface area contributed by atoms with Crippen LogP contribution in [0.1, 0.15) is 42.5 Å². The van der Waals surface area contributed by atoms with Crippen molar-refractivity contribution in [1.29, 1.82) is 0 Å². The Labute approximate surface area is 97.8 Å². The van der Waals surface area contributed by atoms with Crippen LogP contribution < -0.4 is 10.5 Å². The van der Waals surface area contributed by atoms with Crippen LogP contribution in [0.25, 0.3) is 0 Å². The molecule has 1 fully saturated rings. The second kappa shape index (κ2) is 3.77. The summed E-state index contributed by atoms with van der Waals surface area (Å²) in [5.41, 5.74) is 10.4. The monoisotopic (exact) mass is 219 g/mol. The highest BCUT2D eigenvalue weighted by Crippen LogP contribution is 2.54. The lowest BCUT2D eigenvalue weighted by Gasteiger charge is -2.23. The minimum absolute atomic E-state index is 0.164. The fraction of sp³-hybridized carbons (Fsp3) is 0.571. The number of hydrogen-bond donors (Lipinski definition) is 1. The first-order chi connectivity index (χ1) is 7.49. The van der Waals surface area contributed by atoms with Gasteiger partial charge in [0.2, 0.25) is 0 Å². The Bertz CT molecular complexity index is 407. The maximum atomic E-state index is 6.35. The molecule has 1 aromatic rings. The first kappa shape index (κ1) is 11.5. The van der Waals surface area contributed by atoms with Gasteiger partial charge in [0.1, 0.15) is 5.75 Å². The Morgan fingerprint density at radius 1 is 1.25 bits per heavy atom. The molecule has 0 amide bonds. The second-order valence-electron chi connectivity index (χ2n) is 5.24. The van der Waals surface area contributed by atoms with Gasteiger partial charge < -0.3 is 10.5 Å². The van der Waals surface area contributed by atoms with Crippen molar-refractivity contribution in [2.75, 3.05) is 7.11 Å². The molecule has 2 rings (SSSR count). The van der Waals surface area contributed by atoms with Crippen LogP contribution in [-0.4, -0.2) is 7.11 Å². The highest BCUT2D eigenvalue weighted by Gasteiger charge is 2.44. The summed E-state index contributed by atoms with van der Waals surface area (Å²) in [5, 5.41) is 0. The largest absolute Gasteiger partial charge is 0.496 e. The molecule has 1 aliphatic rings. The average Bonchev–Trinajstić information content (AvgIpc) is 3.01. The van der Waals surface area contributed by atoms with Crippen molar-refractivity contribution in [2.45, 2.75) is 39.7 Å². The van der Waals surface area contributed by atoms with Gasteiger partial charge in [-0.25, -0.2) is 0 Å². The summed E-state index contributed by atoms with van der Waals surface area (Å²) >= 11 is 0. The summed E-state index contributed by atoms with van der Waals surface area (Å²) in [4.78, 5) is 0. The predicted octanol–water partition coefficient (Wildman–Crippen LogP) is 3.11. The number of methoxy groups -OCH3 is 1. The molecule has 0 bridgehead atoms. The van der Waals surface area contributed by atoms with E-state index in [1.165, 1.54) is 29.5 Å². The minimum Gasteiger partial charge on any atom is -0.496 e. The van der Waals surface area contributed by atoms with Gasteiger partial charge in [0.15, 0.2) is 0 Å². The zero-order valence-electron chi connectivity index (χ0n) is 10.6. The fourth-order valence-corrected chi connectivity index (χ4v) is 2.26. The number of rotatable bonds is 3. The normalized spacial score (nSPS) is 19.3. The lowest BCUT2D eigenvalue weighted by molar-refractivity contribution is 0.409. The molecule has 2 heteroatoms. The molecule has 1 aliphatic carbocycles. The summed E-state index contributed by atoms with van der Waals surface area (Å²) in [6.07, 6.45) is 2.50. The zero-order chi connectivity index (χ0) is 11.9. The Morgan fingerprint density at radius 2 is 1.88 bits per heavy atom. The first-order valence-electron chi connectivity index (χ1n) is 5.89. The quantitative estimate of drug-likeness (QED) is 0.847. The molecule has 0 heterocycles. The number of ether oxygens (including phenoxy) is 1. The Morgan fingerprint density at radius 3 is 2.38 bits per heavy atom. The van der Waals surface area contributed by atoms with E-state index in [2.05, 4.69) is 26.8 Å². The van der Waals surface area contributed by atoms with E-state index < -0.39 is 0 Å². The van der Waals surface area contributed by atoms with Crippen molar-refractivity contribution in [1.82, 2.24) is 0 Å². The Kier molecular flexibility index (Phi) is 2.70. The van der Waals surface area contributed by atoms with Crippen molar-refractivity contribution in [3.63, 3.8) is 0 Å². The van der Waals surface area contributed by atoms with Gasteiger partial charge in [-0.05, 0) is 54.9 Å². The first-order valence-corrected chi connectivity index (χ1v) is 5.89. The van der Waals surface area contributed by atoms with Crippen LogP contribution in [0.5, 0.6) is 5.75 Å². The third-order valence-corrected chi connectivity index (χ3v) is 4.12. The van der Waals surface area contributed by atoms with E-state index in [0.29, 0.717) is 5.41 Å². The van der Waals surface area contributed by atoms with Gasteiger partial charge in [0, 0.05) is 6.04 Å². The van der Waals surface area contributed by atoms with Gasteiger partial charge >= 0.3 is 0 Å². The SMILES string of the molecule is COc1ccc(C(N)C2(C)CC2)c(C)c1C. The van der Waals surface area contributed by atoms with Crippen molar-refractivity contribution in [3.8, 4) is 5.75 Å². The summed E-state index contributed by atoms with van der Waals surface area (Å²) in [7, 11) is 1.71. The van der Waals surface area contributed by atoms with Crippen LogP contribution in [0.15, 0.2) is 12.1 Å². The molecule has 0 aliphatic heterocycles. The van der Waals surface area contributed by atoms with Crippen LogP contribution in [0.2, 0.25) is 0 Å². The number of hydrogen-bond acceptors (Lipinski definition) is 2. The predicted molar refractivity (Wildman–Crippen MR) is 66.7 cm³/mol. The molecule has 1 aromatic carbocycles. The lowest BCUT2D eigenvalue weighted by Crippen LogP contribution is -2.21. The van der Waals surface area contributed by atoms with Gasteiger partial charge in [-0.1, -0.05) is 13.0 Å². The van der Waals surface area contributed by atoms with Crippen molar-refractivity contribution < 1.29 is 4.74 Å². The maximum Gasteiger partial charge on any atom is 0.122 e. The van der Waals surface area contributed by atoms with Crippen molar-refractivity contribution >= 4 is 0 Å². The van der Waals surface area contributed by atoms with Crippen LogP contribution in [0, 0.1) is 19.3 Å². The van der Waals surface area contributed by atoms with E-state index in [9.17, 15) is 0 Å². The maximum absolute atomic E-state index is 6.35. The summed E-state index contributed by atoms with van der Waals surface area (Å²) in [5.74, 6) is 0.953. The molecule has 1 atom stereocenters. The third-order valence-electron chi connectivity index (χ3n) is 4.12. The molecule has 1 unspecified atom stereocenters. The molecule has 0 saturated heterocycles. The molecule has 88 valence electrons. The third kappa shape index (κ3) is 1.71. The van der Waals surface area contributed by atoms with E-state index in [1.807, 2.05) is 6.07 Å². The van der Waals surface area contributed by atoms with Crippen molar-refractivity contribution in [2.24, 2.45) is 11.1 Å². The van der Waals surface area contributed by atoms with Gasteiger partial charge in [-0.3, -0.25) is 0 Å². The lowest BCUT2D eigenvalue weighted by atomic mass is 9.88. The molecular formula is C14H21NO.